The van der Waals surface area contributed by atoms with Crippen LogP contribution in [0.2, 0.25) is 0 Å². The third-order valence-corrected chi connectivity index (χ3v) is 11.7. The predicted molar refractivity (Wildman–Crippen MR) is 144 cm³/mol. The maximum Gasteiger partial charge on any atom is 0.303 e. The Hall–Kier alpha value is -1.32. The van der Waals surface area contributed by atoms with Crippen LogP contribution in [0.4, 0.5) is 0 Å². The van der Waals surface area contributed by atoms with Crippen LogP contribution in [0.1, 0.15) is 113 Å². The van der Waals surface area contributed by atoms with Crippen molar-refractivity contribution in [3.05, 3.63) is 11.6 Å². The van der Waals surface area contributed by atoms with E-state index in [1.165, 1.54) is 51.0 Å². The van der Waals surface area contributed by atoms with Crippen molar-refractivity contribution in [2.24, 2.45) is 52.3 Å². The molecule has 0 N–H and O–H groups in total. The van der Waals surface area contributed by atoms with Crippen LogP contribution in [0, 0.1) is 52.3 Å². The molecule has 0 aliphatic heterocycles. The van der Waals surface area contributed by atoms with E-state index in [9.17, 15) is 9.59 Å². The molecule has 0 saturated heterocycles. The molecule has 3 fully saturated rings. The van der Waals surface area contributed by atoms with Crippen molar-refractivity contribution >= 4 is 11.9 Å². The third kappa shape index (κ3) is 5.04. The van der Waals surface area contributed by atoms with Crippen molar-refractivity contribution in [2.45, 2.75) is 125 Å². The molecule has 4 rings (SSSR count). The Bertz CT molecular complexity index is 860. The van der Waals surface area contributed by atoms with Gasteiger partial charge in [0.2, 0.25) is 0 Å². The molecule has 36 heavy (non-hydrogen) atoms. The van der Waals surface area contributed by atoms with Crippen molar-refractivity contribution in [1.82, 2.24) is 0 Å². The number of ether oxygens (including phenoxy) is 2. The van der Waals surface area contributed by atoms with Crippen molar-refractivity contribution in [3.63, 3.8) is 0 Å². The smallest absolute Gasteiger partial charge is 0.303 e. The molecular formula is C32H52O4. The van der Waals surface area contributed by atoms with Crippen molar-refractivity contribution in [3.8, 4) is 0 Å². The lowest BCUT2D eigenvalue weighted by atomic mass is 9.46. The first-order valence-corrected chi connectivity index (χ1v) is 14.9. The van der Waals surface area contributed by atoms with Gasteiger partial charge in [-0.2, -0.15) is 0 Å². The van der Waals surface area contributed by atoms with Gasteiger partial charge in [-0.05, 0) is 90.9 Å². The number of hydrogen-bond acceptors (Lipinski definition) is 4. The summed E-state index contributed by atoms with van der Waals surface area (Å²) >= 11 is 0. The lowest BCUT2D eigenvalue weighted by Crippen LogP contribution is -2.55. The fourth-order valence-corrected chi connectivity index (χ4v) is 9.26. The Labute approximate surface area is 220 Å². The van der Waals surface area contributed by atoms with Crippen LogP contribution in [0.3, 0.4) is 0 Å². The van der Waals surface area contributed by atoms with Crippen LogP contribution in [0.5, 0.6) is 0 Å². The zero-order valence-corrected chi connectivity index (χ0v) is 24.3. The van der Waals surface area contributed by atoms with Crippen LogP contribution < -0.4 is 0 Å². The summed E-state index contributed by atoms with van der Waals surface area (Å²) in [6.45, 7) is 17.7. The first kappa shape index (κ1) is 27.7. The highest BCUT2D eigenvalue weighted by molar-refractivity contribution is 5.67. The molecule has 0 amide bonds. The van der Waals surface area contributed by atoms with Crippen molar-refractivity contribution in [2.75, 3.05) is 0 Å². The molecule has 0 aromatic carbocycles. The molecule has 0 heterocycles. The van der Waals surface area contributed by atoms with Gasteiger partial charge in [-0.15, -0.1) is 0 Å². The van der Waals surface area contributed by atoms with Gasteiger partial charge < -0.3 is 9.47 Å². The summed E-state index contributed by atoms with van der Waals surface area (Å²) in [6, 6.07) is 0. The summed E-state index contributed by atoms with van der Waals surface area (Å²) in [5.74, 6) is 4.21. The summed E-state index contributed by atoms with van der Waals surface area (Å²) in [4.78, 5) is 23.9. The van der Waals surface area contributed by atoms with Gasteiger partial charge in [0.25, 0.3) is 0 Å². The molecule has 10 atom stereocenters. The SMILES string of the molecule is CC(=O)O[C@H]1CC[C@@]2(C)C(=C[C@H](OC(C)=O)[C@H]3[C@@H]4CC[C@H]([C@H](C)CC[C@H](C)C(C)C)[C@@]4(C)CC[C@@H]32)C1. The minimum atomic E-state index is -0.197. The molecule has 4 aliphatic carbocycles. The van der Waals surface area contributed by atoms with Gasteiger partial charge in [-0.25, -0.2) is 0 Å². The number of rotatable bonds is 7. The molecule has 0 radical (unpaired) electrons. The monoisotopic (exact) mass is 500 g/mol. The predicted octanol–water partition coefficient (Wildman–Crippen LogP) is 7.75. The van der Waals surface area contributed by atoms with Gasteiger partial charge >= 0.3 is 11.9 Å². The fourth-order valence-electron chi connectivity index (χ4n) is 9.26. The van der Waals surface area contributed by atoms with Gasteiger partial charge in [0.1, 0.15) is 12.2 Å². The Kier molecular flexibility index (Phi) is 8.04. The molecule has 204 valence electrons. The van der Waals surface area contributed by atoms with Gasteiger partial charge in [0, 0.05) is 26.2 Å². The first-order valence-electron chi connectivity index (χ1n) is 14.9. The average Bonchev–Trinajstić information content (AvgIpc) is 3.14. The summed E-state index contributed by atoms with van der Waals surface area (Å²) in [6.07, 6.45) is 12.6. The second-order valence-corrected chi connectivity index (χ2v) is 14.0. The van der Waals surface area contributed by atoms with E-state index < -0.39 is 0 Å². The molecule has 3 saturated carbocycles. The van der Waals surface area contributed by atoms with Gasteiger partial charge in [0.15, 0.2) is 0 Å². The summed E-state index contributed by atoms with van der Waals surface area (Å²) in [5.41, 5.74) is 1.81. The van der Waals surface area contributed by atoms with Crippen molar-refractivity contribution < 1.29 is 19.1 Å². The lowest BCUT2D eigenvalue weighted by molar-refractivity contribution is -0.159. The van der Waals surface area contributed by atoms with Crippen LogP contribution in [0.15, 0.2) is 11.6 Å². The minimum absolute atomic E-state index is 0.0462. The summed E-state index contributed by atoms with van der Waals surface area (Å²) < 4.78 is 11.7. The summed E-state index contributed by atoms with van der Waals surface area (Å²) in [7, 11) is 0. The molecule has 4 heteroatoms. The first-order chi connectivity index (χ1) is 16.9. The van der Waals surface area contributed by atoms with Gasteiger partial charge in [-0.3, -0.25) is 9.59 Å². The molecule has 4 aliphatic rings. The second kappa shape index (κ2) is 10.4. The maximum atomic E-state index is 12.3. The van der Waals surface area contributed by atoms with Crippen LogP contribution >= 0.6 is 0 Å². The molecule has 0 unspecified atom stereocenters. The van der Waals surface area contributed by atoms with E-state index in [0.717, 1.165) is 42.9 Å². The Morgan fingerprint density at radius 1 is 0.917 bits per heavy atom. The van der Waals surface area contributed by atoms with E-state index in [1.54, 1.807) is 6.92 Å². The second-order valence-electron chi connectivity index (χ2n) is 14.0. The van der Waals surface area contributed by atoms with Crippen LogP contribution in [-0.2, 0) is 19.1 Å². The van der Waals surface area contributed by atoms with E-state index in [-0.39, 0.29) is 29.6 Å². The highest BCUT2D eigenvalue weighted by atomic mass is 16.5. The zero-order chi connectivity index (χ0) is 26.4. The maximum absolute atomic E-state index is 12.3. The Balaban J connectivity index is 1.59. The number of hydrogen-bond donors (Lipinski definition) is 0. The number of carbonyl (C=O) groups is 2. The van der Waals surface area contributed by atoms with Crippen molar-refractivity contribution in [1.29, 1.82) is 0 Å². The molecular weight excluding hydrogens is 448 g/mol. The molecule has 0 bridgehead atoms. The number of fused-ring (bicyclic) bond motifs is 5. The molecule has 0 aromatic rings. The Morgan fingerprint density at radius 2 is 1.61 bits per heavy atom. The minimum Gasteiger partial charge on any atom is -0.462 e. The molecule has 4 nitrogen and oxygen atoms in total. The lowest BCUT2D eigenvalue weighted by Gasteiger charge is -2.59. The van der Waals surface area contributed by atoms with Crippen LogP contribution in [-0.4, -0.2) is 24.1 Å². The third-order valence-electron chi connectivity index (χ3n) is 11.7. The number of carbonyl (C=O) groups excluding carboxylic acids is 2. The van der Waals surface area contributed by atoms with E-state index in [4.69, 9.17) is 9.47 Å². The standard InChI is InChI=1S/C32H52O4/c1-19(2)20(3)9-10-21(4)26-11-12-27-30-28(14-16-32(26,27)8)31(7)15-13-25(35-22(5)33)17-24(31)18-29(30)36-23(6)34/h18-21,25-30H,9-17H2,1-8H3/t20-,21+,25-,26+,27-,28-,29-,30-,31-,32+/m0/s1. The van der Waals surface area contributed by atoms with E-state index in [1.807, 2.05) is 0 Å². The largest absolute Gasteiger partial charge is 0.462 e. The topological polar surface area (TPSA) is 52.6 Å². The Morgan fingerprint density at radius 3 is 2.25 bits per heavy atom. The van der Waals surface area contributed by atoms with E-state index in [0.29, 0.717) is 23.2 Å². The fraction of sp³-hybridized carbons (Fsp3) is 0.875. The highest BCUT2D eigenvalue weighted by Crippen LogP contribution is 2.67. The number of esters is 2. The average molecular weight is 501 g/mol. The molecule has 0 aromatic heterocycles. The normalized spacial score (nSPS) is 41.4. The zero-order valence-electron chi connectivity index (χ0n) is 24.3. The quantitative estimate of drug-likeness (QED) is 0.265. The highest BCUT2D eigenvalue weighted by Gasteiger charge is 2.62. The van der Waals surface area contributed by atoms with Gasteiger partial charge in [-0.1, -0.05) is 60.0 Å². The van der Waals surface area contributed by atoms with Crippen LogP contribution in [0.25, 0.3) is 0 Å². The molecule has 0 spiro atoms. The summed E-state index contributed by atoms with van der Waals surface area (Å²) in [5, 5.41) is 0. The van der Waals surface area contributed by atoms with E-state index >= 15 is 0 Å². The van der Waals surface area contributed by atoms with Gasteiger partial charge in [0.05, 0.1) is 0 Å². The van der Waals surface area contributed by atoms with E-state index in [2.05, 4.69) is 47.6 Å².